The van der Waals surface area contributed by atoms with Gasteiger partial charge in [-0.05, 0) is 25.8 Å². The summed E-state index contributed by atoms with van der Waals surface area (Å²) in [6.45, 7) is 2.18. The van der Waals surface area contributed by atoms with Gasteiger partial charge in [-0.1, -0.05) is 6.07 Å². The summed E-state index contributed by atoms with van der Waals surface area (Å²) in [5, 5.41) is 13.4. The zero-order chi connectivity index (χ0) is 15.1. The first kappa shape index (κ1) is 16.1. The van der Waals surface area contributed by atoms with Crippen molar-refractivity contribution in [3.63, 3.8) is 0 Å². The minimum Gasteiger partial charge on any atom is -0.385 e. The highest BCUT2D eigenvalue weighted by molar-refractivity contribution is 5.94. The molecule has 1 aromatic carbocycles. The third-order valence-electron chi connectivity index (χ3n) is 2.87. The maximum Gasteiger partial charge on any atom is 0.274 e. The Labute approximate surface area is 117 Å². The molecule has 0 fully saturated rings. The smallest absolute Gasteiger partial charge is 0.274 e. The lowest BCUT2D eigenvalue weighted by molar-refractivity contribution is -0.385. The second-order valence-corrected chi connectivity index (χ2v) is 4.49. The second-order valence-electron chi connectivity index (χ2n) is 4.49. The van der Waals surface area contributed by atoms with Gasteiger partial charge in [0.2, 0.25) is 5.91 Å². The number of aryl methyl sites for hydroxylation is 1. The van der Waals surface area contributed by atoms with E-state index in [1.165, 1.54) is 6.07 Å². The average Bonchev–Trinajstić information content (AvgIpc) is 2.40. The minimum atomic E-state index is -0.662. The highest BCUT2D eigenvalue weighted by Gasteiger charge is 2.16. The summed E-state index contributed by atoms with van der Waals surface area (Å²) in [6, 6.07) is 3.87. The Morgan fingerprint density at radius 2 is 2.25 bits per heavy atom. The standard InChI is InChI=1S/C13H19N3O4/c1-9-5-6-10(8-12(9)16(18)19)15-13(17)11(14)4-3-7-20-2/h5-6,8,11H,3-4,7,14H2,1-2H3,(H,15,17). The first-order valence-electron chi connectivity index (χ1n) is 6.26. The molecule has 0 aromatic heterocycles. The molecule has 7 nitrogen and oxygen atoms in total. The van der Waals surface area contributed by atoms with Gasteiger partial charge in [0.15, 0.2) is 0 Å². The summed E-state index contributed by atoms with van der Waals surface area (Å²) < 4.78 is 4.88. The molecule has 1 amide bonds. The van der Waals surface area contributed by atoms with Crippen LogP contribution in [0.5, 0.6) is 0 Å². The molecule has 0 heterocycles. The van der Waals surface area contributed by atoms with Gasteiger partial charge in [-0.15, -0.1) is 0 Å². The van der Waals surface area contributed by atoms with Crippen LogP contribution in [0.15, 0.2) is 18.2 Å². The monoisotopic (exact) mass is 281 g/mol. The lowest BCUT2D eigenvalue weighted by Gasteiger charge is -2.12. The van der Waals surface area contributed by atoms with Crippen molar-refractivity contribution in [2.24, 2.45) is 5.73 Å². The Morgan fingerprint density at radius 3 is 2.85 bits per heavy atom. The topological polar surface area (TPSA) is 107 Å². The van der Waals surface area contributed by atoms with Crippen LogP contribution in [0.4, 0.5) is 11.4 Å². The zero-order valence-corrected chi connectivity index (χ0v) is 11.6. The molecular formula is C13H19N3O4. The molecule has 1 aromatic rings. The number of hydrogen-bond donors (Lipinski definition) is 2. The fourth-order valence-corrected chi connectivity index (χ4v) is 1.70. The number of methoxy groups -OCH3 is 1. The number of nitrogens with one attached hydrogen (secondary N) is 1. The van der Waals surface area contributed by atoms with Crippen LogP contribution in [-0.4, -0.2) is 30.6 Å². The molecule has 0 aliphatic heterocycles. The second kappa shape index (κ2) is 7.56. The van der Waals surface area contributed by atoms with Crippen LogP contribution in [0, 0.1) is 17.0 Å². The number of carbonyl (C=O) groups excluding carboxylic acids is 1. The number of amides is 1. The minimum absolute atomic E-state index is 0.0317. The molecule has 1 rings (SSSR count). The molecular weight excluding hydrogens is 262 g/mol. The van der Waals surface area contributed by atoms with E-state index in [2.05, 4.69) is 5.32 Å². The molecule has 0 saturated heterocycles. The third kappa shape index (κ3) is 4.60. The first-order valence-corrected chi connectivity index (χ1v) is 6.26. The number of benzene rings is 1. The largest absolute Gasteiger partial charge is 0.385 e. The van der Waals surface area contributed by atoms with E-state index in [1.807, 2.05) is 0 Å². The van der Waals surface area contributed by atoms with Crippen LogP contribution >= 0.6 is 0 Å². The van der Waals surface area contributed by atoms with E-state index in [9.17, 15) is 14.9 Å². The molecule has 7 heteroatoms. The van der Waals surface area contributed by atoms with Crippen LogP contribution in [-0.2, 0) is 9.53 Å². The SMILES string of the molecule is COCCCC(N)C(=O)Nc1ccc(C)c([N+](=O)[O-])c1. The van der Waals surface area contributed by atoms with E-state index in [1.54, 1.807) is 26.2 Å². The van der Waals surface area contributed by atoms with Gasteiger partial charge in [-0.2, -0.15) is 0 Å². The fourth-order valence-electron chi connectivity index (χ4n) is 1.70. The molecule has 1 unspecified atom stereocenters. The van der Waals surface area contributed by atoms with E-state index in [4.69, 9.17) is 10.5 Å². The van der Waals surface area contributed by atoms with Gasteiger partial charge in [0.1, 0.15) is 0 Å². The molecule has 0 radical (unpaired) electrons. The summed E-state index contributed by atoms with van der Waals surface area (Å²) in [4.78, 5) is 22.2. The fraction of sp³-hybridized carbons (Fsp3) is 0.462. The van der Waals surface area contributed by atoms with E-state index in [0.717, 1.165) is 0 Å². The number of hydrogen-bond acceptors (Lipinski definition) is 5. The lowest BCUT2D eigenvalue weighted by Crippen LogP contribution is -2.35. The number of anilines is 1. The van der Waals surface area contributed by atoms with Crippen molar-refractivity contribution < 1.29 is 14.5 Å². The van der Waals surface area contributed by atoms with Crippen LogP contribution < -0.4 is 11.1 Å². The van der Waals surface area contributed by atoms with Crippen LogP contribution in [0.25, 0.3) is 0 Å². The van der Waals surface area contributed by atoms with E-state index < -0.39 is 11.0 Å². The molecule has 0 bridgehead atoms. The lowest BCUT2D eigenvalue weighted by atomic mass is 10.1. The predicted molar refractivity (Wildman–Crippen MR) is 75.5 cm³/mol. The summed E-state index contributed by atoms with van der Waals surface area (Å²) in [5.41, 5.74) is 6.61. The van der Waals surface area contributed by atoms with E-state index in [-0.39, 0.29) is 11.6 Å². The van der Waals surface area contributed by atoms with Crippen molar-refractivity contribution in [2.45, 2.75) is 25.8 Å². The third-order valence-corrected chi connectivity index (χ3v) is 2.87. The quantitative estimate of drug-likeness (QED) is 0.448. The Morgan fingerprint density at radius 1 is 1.55 bits per heavy atom. The van der Waals surface area contributed by atoms with E-state index >= 15 is 0 Å². The molecule has 0 aliphatic carbocycles. The summed E-state index contributed by atoms with van der Waals surface area (Å²) in [7, 11) is 1.58. The summed E-state index contributed by atoms with van der Waals surface area (Å²) in [5.74, 6) is -0.362. The number of nitro groups is 1. The highest BCUT2D eigenvalue weighted by Crippen LogP contribution is 2.22. The molecule has 0 saturated carbocycles. The van der Waals surface area contributed by atoms with Crippen molar-refractivity contribution in [1.29, 1.82) is 0 Å². The molecule has 1 atom stereocenters. The maximum atomic E-state index is 11.8. The van der Waals surface area contributed by atoms with Crippen molar-refractivity contribution >= 4 is 17.3 Å². The van der Waals surface area contributed by atoms with Gasteiger partial charge in [-0.25, -0.2) is 0 Å². The molecule has 3 N–H and O–H groups in total. The first-order chi connectivity index (χ1) is 9.45. The van der Waals surface area contributed by atoms with Crippen LogP contribution in [0.2, 0.25) is 0 Å². The van der Waals surface area contributed by atoms with Gasteiger partial charge < -0.3 is 15.8 Å². The highest BCUT2D eigenvalue weighted by atomic mass is 16.6. The van der Waals surface area contributed by atoms with E-state index in [0.29, 0.717) is 30.7 Å². The van der Waals surface area contributed by atoms with Crippen molar-refractivity contribution in [1.82, 2.24) is 0 Å². The number of nitrogens with zero attached hydrogens (tertiary/aromatic N) is 1. The number of carbonyl (C=O) groups is 1. The average molecular weight is 281 g/mol. The molecule has 0 aliphatic rings. The van der Waals surface area contributed by atoms with Gasteiger partial charge in [-0.3, -0.25) is 14.9 Å². The summed E-state index contributed by atoms with van der Waals surface area (Å²) >= 11 is 0. The van der Waals surface area contributed by atoms with Crippen molar-refractivity contribution in [2.75, 3.05) is 19.0 Å². The number of nitrogens with two attached hydrogens (primary N) is 1. The van der Waals surface area contributed by atoms with Gasteiger partial charge in [0, 0.05) is 31.0 Å². The number of rotatable bonds is 7. The molecule has 110 valence electrons. The van der Waals surface area contributed by atoms with Crippen molar-refractivity contribution in [3.05, 3.63) is 33.9 Å². The van der Waals surface area contributed by atoms with Crippen LogP contribution in [0.3, 0.4) is 0 Å². The normalized spacial score (nSPS) is 11.9. The Balaban J connectivity index is 2.66. The Hall–Kier alpha value is -1.99. The molecule has 20 heavy (non-hydrogen) atoms. The Kier molecular flexibility index (Phi) is 6.08. The maximum absolute atomic E-state index is 11.8. The number of nitro benzene ring substituents is 1. The summed E-state index contributed by atoms with van der Waals surface area (Å²) in [6.07, 6.45) is 1.17. The number of ether oxygens (including phenoxy) is 1. The Bertz CT molecular complexity index is 491. The van der Waals surface area contributed by atoms with Gasteiger partial charge in [0.25, 0.3) is 5.69 Å². The van der Waals surface area contributed by atoms with Gasteiger partial charge >= 0.3 is 0 Å². The molecule has 0 spiro atoms. The van der Waals surface area contributed by atoms with Crippen LogP contribution in [0.1, 0.15) is 18.4 Å². The van der Waals surface area contributed by atoms with Gasteiger partial charge in [0.05, 0.1) is 11.0 Å². The van der Waals surface area contributed by atoms with Crippen molar-refractivity contribution in [3.8, 4) is 0 Å². The zero-order valence-electron chi connectivity index (χ0n) is 11.6. The predicted octanol–water partition coefficient (Wildman–Crippen LogP) is 1.60.